The number of pyridine rings is 1. The van der Waals surface area contributed by atoms with Gasteiger partial charge in [0.1, 0.15) is 0 Å². The fourth-order valence-electron chi connectivity index (χ4n) is 2.34. The van der Waals surface area contributed by atoms with Gasteiger partial charge in [-0.25, -0.2) is 0 Å². The highest BCUT2D eigenvalue weighted by molar-refractivity contribution is 6.00. The van der Waals surface area contributed by atoms with Crippen molar-refractivity contribution in [1.82, 2.24) is 4.98 Å². The van der Waals surface area contributed by atoms with E-state index in [0.717, 1.165) is 29.4 Å². The molecular weight excluding hydrogens is 240 g/mol. The van der Waals surface area contributed by atoms with Gasteiger partial charge in [0, 0.05) is 28.9 Å². The van der Waals surface area contributed by atoms with Crippen LogP contribution in [0.4, 0.5) is 0 Å². The standard InChI is InChI=1S/C15H14N2O2/c16-15(18)11-1-2-12-8-17-9-14(13(12)7-11)10-3-5-19-6-4-10/h1-3,7-9H,4-6H2,(H2,16,18). The predicted octanol–water partition coefficient (Wildman–Crippen LogP) is 2.14. The molecule has 0 unspecified atom stereocenters. The number of primary amides is 1. The lowest BCUT2D eigenvalue weighted by Crippen LogP contribution is -2.10. The minimum Gasteiger partial charge on any atom is -0.377 e. The summed E-state index contributed by atoms with van der Waals surface area (Å²) in [5.74, 6) is -0.411. The molecule has 96 valence electrons. The first-order chi connectivity index (χ1) is 9.25. The van der Waals surface area contributed by atoms with E-state index in [0.29, 0.717) is 12.2 Å². The Kier molecular flexibility index (Phi) is 3.01. The van der Waals surface area contributed by atoms with Crippen molar-refractivity contribution in [2.45, 2.75) is 6.42 Å². The van der Waals surface area contributed by atoms with Gasteiger partial charge in [0.05, 0.1) is 13.2 Å². The fourth-order valence-corrected chi connectivity index (χ4v) is 2.34. The maximum atomic E-state index is 11.3. The molecule has 0 bridgehead atoms. The molecule has 0 aliphatic carbocycles. The summed E-state index contributed by atoms with van der Waals surface area (Å²) in [6, 6.07) is 5.45. The van der Waals surface area contributed by atoms with Crippen LogP contribution in [-0.2, 0) is 4.74 Å². The monoisotopic (exact) mass is 254 g/mol. The van der Waals surface area contributed by atoms with Crippen molar-refractivity contribution in [3.63, 3.8) is 0 Å². The van der Waals surface area contributed by atoms with Crippen LogP contribution in [0.3, 0.4) is 0 Å². The van der Waals surface area contributed by atoms with Gasteiger partial charge < -0.3 is 10.5 Å². The van der Waals surface area contributed by atoms with Crippen LogP contribution in [0.5, 0.6) is 0 Å². The predicted molar refractivity (Wildman–Crippen MR) is 73.7 cm³/mol. The van der Waals surface area contributed by atoms with Gasteiger partial charge >= 0.3 is 0 Å². The molecule has 1 amide bonds. The molecule has 0 saturated heterocycles. The van der Waals surface area contributed by atoms with E-state index < -0.39 is 5.91 Å². The lowest BCUT2D eigenvalue weighted by Gasteiger charge is -2.15. The Morgan fingerprint density at radius 2 is 2.21 bits per heavy atom. The number of hydrogen-bond acceptors (Lipinski definition) is 3. The Balaban J connectivity index is 2.20. The molecule has 1 aromatic carbocycles. The number of amides is 1. The molecule has 4 heteroatoms. The smallest absolute Gasteiger partial charge is 0.248 e. The largest absolute Gasteiger partial charge is 0.377 e. The summed E-state index contributed by atoms with van der Waals surface area (Å²) >= 11 is 0. The zero-order chi connectivity index (χ0) is 13.2. The Morgan fingerprint density at radius 1 is 1.32 bits per heavy atom. The molecule has 0 atom stereocenters. The second kappa shape index (κ2) is 4.82. The second-order valence-corrected chi connectivity index (χ2v) is 4.54. The molecule has 4 nitrogen and oxygen atoms in total. The number of aromatic nitrogens is 1. The molecule has 2 N–H and O–H groups in total. The second-order valence-electron chi connectivity index (χ2n) is 4.54. The SMILES string of the molecule is NC(=O)c1ccc2cncc(C3=CCOCC3)c2c1. The topological polar surface area (TPSA) is 65.2 Å². The van der Waals surface area contributed by atoms with Crippen LogP contribution in [0.15, 0.2) is 36.7 Å². The average Bonchev–Trinajstić information content (AvgIpc) is 2.47. The number of fused-ring (bicyclic) bond motifs is 1. The highest BCUT2D eigenvalue weighted by Crippen LogP contribution is 2.28. The van der Waals surface area contributed by atoms with Crippen molar-refractivity contribution in [2.75, 3.05) is 13.2 Å². The van der Waals surface area contributed by atoms with Crippen LogP contribution >= 0.6 is 0 Å². The first-order valence-electron chi connectivity index (χ1n) is 6.20. The number of ether oxygens (including phenoxy) is 1. The van der Waals surface area contributed by atoms with Crippen LogP contribution in [0.25, 0.3) is 16.3 Å². The van der Waals surface area contributed by atoms with E-state index in [9.17, 15) is 4.79 Å². The van der Waals surface area contributed by atoms with Gasteiger partial charge in [-0.05, 0) is 29.5 Å². The number of carbonyl (C=O) groups excluding carboxylic acids is 1. The summed E-state index contributed by atoms with van der Waals surface area (Å²) in [4.78, 5) is 15.6. The quantitative estimate of drug-likeness (QED) is 0.892. The van der Waals surface area contributed by atoms with E-state index in [4.69, 9.17) is 10.5 Å². The number of rotatable bonds is 2. The van der Waals surface area contributed by atoms with Gasteiger partial charge in [-0.15, -0.1) is 0 Å². The van der Waals surface area contributed by atoms with Crippen LogP contribution in [0.1, 0.15) is 22.3 Å². The van der Waals surface area contributed by atoms with Gasteiger partial charge in [0.15, 0.2) is 0 Å². The van der Waals surface area contributed by atoms with Gasteiger partial charge in [0.2, 0.25) is 5.91 Å². The third-order valence-corrected chi connectivity index (χ3v) is 3.35. The first kappa shape index (κ1) is 11.9. The van der Waals surface area contributed by atoms with Crippen molar-refractivity contribution >= 4 is 22.3 Å². The molecule has 1 aliphatic rings. The minimum absolute atomic E-state index is 0.411. The van der Waals surface area contributed by atoms with E-state index in [-0.39, 0.29) is 0 Å². The maximum Gasteiger partial charge on any atom is 0.248 e. The van der Waals surface area contributed by atoms with Crippen molar-refractivity contribution < 1.29 is 9.53 Å². The number of carbonyl (C=O) groups is 1. The first-order valence-corrected chi connectivity index (χ1v) is 6.20. The van der Waals surface area contributed by atoms with Gasteiger partial charge in [-0.1, -0.05) is 12.1 Å². The fraction of sp³-hybridized carbons (Fsp3) is 0.200. The van der Waals surface area contributed by atoms with Crippen LogP contribution in [0, 0.1) is 0 Å². The van der Waals surface area contributed by atoms with Gasteiger partial charge in [0.25, 0.3) is 0 Å². The molecule has 2 heterocycles. The highest BCUT2D eigenvalue weighted by atomic mass is 16.5. The minimum atomic E-state index is -0.411. The van der Waals surface area contributed by atoms with Crippen molar-refractivity contribution in [1.29, 1.82) is 0 Å². The summed E-state index contributed by atoms with van der Waals surface area (Å²) < 4.78 is 5.32. The molecule has 0 fully saturated rings. The molecular formula is C15H14N2O2. The van der Waals surface area contributed by atoms with Crippen molar-refractivity contribution in [3.05, 3.63) is 47.8 Å². The van der Waals surface area contributed by atoms with E-state index in [2.05, 4.69) is 11.1 Å². The molecule has 0 saturated carbocycles. The third-order valence-electron chi connectivity index (χ3n) is 3.35. The van der Waals surface area contributed by atoms with Crippen LogP contribution in [0.2, 0.25) is 0 Å². The van der Waals surface area contributed by atoms with Crippen LogP contribution < -0.4 is 5.73 Å². The third kappa shape index (κ3) is 2.22. The number of nitrogens with two attached hydrogens (primary N) is 1. The lowest BCUT2D eigenvalue weighted by atomic mass is 9.96. The molecule has 3 rings (SSSR count). The van der Waals surface area contributed by atoms with Crippen molar-refractivity contribution in [3.8, 4) is 0 Å². The van der Waals surface area contributed by atoms with Crippen LogP contribution in [-0.4, -0.2) is 24.1 Å². The molecule has 1 aliphatic heterocycles. The molecule has 2 aromatic rings. The van der Waals surface area contributed by atoms with Crippen molar-refractivity contribution in [2.24, 2.45) is 5.73 Å². The summed E-state index contributed by atoms with van der Waals surface area (Å²) in [5, 5.41) is 2.02. The molecule has 0 spiro atoms. The number of nitrogens with zero attached hydrogens (tertiary/aromatic N) is 1. The Bertz CT molecular complexity index is 677. The normalized spacial score (nSPS) is 15.3. The summed E-state index contributed by atoms with van der Waals surface area (Å²) in [7, 11) is 0. The highest BCUT2D eigenvalue weighted by Gasteiger charge is 2.11. The van der Waals surface area contributed by atoms with E-state index in [1.165, 1.54) is 5.57 Å². The summed E-state index contributed by atoms with van der Waals surface area (Å²) in [5.41, 5.74) is 8.14. The number of benzene rings is 1. The van der Waals surface area contributed by atoms with E-state index >= 15 is 0 Å². The van der Waals surface area contributed by atoms with Gasteiger partial charge in [-0.2, -0.15) is 0 Å². The maximum absolute atomic E-state index is 11.3. The Labute approximate surface area is 110 Å². The zero-order valence-corrected chi connectivity index (χ0v) is 10.4. The molecule has 1 aromatic heterocycles. The van der Waals surface area contributed by atoms with Gasteiger partial charge in [-0.3, -0.25) is 9.78 Å². The Hall–Kier alpha value is -2.20. The molecule has 0 radical (unpaired) electrons. The molecule has 19 heavy (non-hydrogen) atoms. The average molecular weight is 254 g/mol. The summed E-state index contributed by atoms with van der Waals surface area (Å²) in [6.07, 6.45) is 6.56. The van der Waals surface area contributed by atoms with E-state index in [1.807, 2.05) is 18.3 Å². The van der Waals surface area contributed by atoms with E-state index in [1.54, 1.807) is 12.3 Å². The zero-order valence-electron chi connectivity index (χ0n) is 10.4. The Morgan fingerprint density at radius 3 is 2.95 bits per heavy atom. The number of hydrogen-bond donors (Lipinski definition) is 1. The lowest BCUT2D eigenvalue weighted by molar-refractivity contribution is 0.100. The summed E-state index contributed by atoms with van der Waals surface area (Å²) in [6.45, 7) is 1.35.